The van der Waals surface area contributed by atoms with Crippen LogP contribution in [0, 0.1) is 0 Å². The quantitative estimate of drug-likeness (QED) is 0.302. The van der Waals surface area contributed by atoms with Gasteiger partial charge in [-0.3, -0.25) is 4.57 Å². The van der Waals surface area contributed by atoms with E-state index in [4.69, 9.17) is 21.1 Å². The van der Waals surface area contributed by atoms with E-state index >= 15 is 0 Å². The second-order valence-electron chi connectivity index (χ2n) is 7.98. The van der Waals surface area contributed by atoms with Gasteiger partial charge in [0.15, 0.2) is 5.69 Å². The van der Waals surface area contributed by atoms with Gasteiger partial charge in [-0.15, -0.1) is 0 Å². The predicted octanol–water partition coefficient (Wildman–Crippen LogP) is 3.47. The van der Waals surface area contributed by atoms with Gasteiger partial charge in [0.2, 0.25) is 5.95 Å². The minimum absolute atomic E-state index is 0.0702. The van der Waals surface area contributed by atoms with Gasteiger partial charge in [-0.1, -0.05) is 23.7 Å². The third-order valence-electron chi connectivity index (χ3n) is 5.39. The number of hydrogen-bond donors (Lipinski definition) is 1. The Labute approximate surface area is 222 Å². The summed E-state index contributed by atoms with van der Waals surface area (Å²) >= 11 is 5.99. The van der Waals surface area contributed by atoms with Gasteiger partial charge < -0.3 is 19.5 Å². The number of benzene rings is 2. The van der Waals surface area contributed by atoms with Crippen molar-refractivity contribution in [1.29, 1.82) is 0 Å². The summed E-state index contributed by atoms with van der Waals surface area (Å²) in [4.78, 5) is 45.6. The molecule has 0 unspecified atom stereocenters. The van der Waals surface area contributed by atoms with Crippen molar-refractivity contribution in [3.63, 3.8) is 0 Å². The van der Waals surface area contributed by atoms with E-state index < -0.39 is 17.3 Å². The normalized spacial score (nSPS) is 10.7. The number of pyridine rings is 1. The summed E-state index contributed by atoms with van der Waals surface area (Å²) in [5, 5.41) is 3.61. The largest absolute Gasteiger partial charge is 0.464 e. The van der Waals surface area contributed by atoms with Crippen LogP contribution in [-0.2, 0) is 22.6 Å². The fourth-order valence-corrected chi connectivity index (χ4v) is 3.60. The molecular weight excluding hydrogens is 514 g/mol. The minimum atomic E-state index is -0.694. The Kier molecular flexibility index (Phi) is 8.51. The average Bonchev–Trinajstić information content (AvgIpc) is 2.92. The van der Waals surface area contributed by atoms with Crippen LogP contribution in [0.15, 0.2) is 76.4 Å². The number of carbonyl (C=O) groups is 1. The van der Waals surface area contributed by atoms with Crippen LogP contribution in [0.1, 0.15) is 16.1 Å². The highest BCUT2D eigenvalue weighted by molar-refractivity contribution is 6.30. The molecule has 4 rings (SSSR count). The molecule has 0 aliphatic rings. The van der Waals surface area contributed by atoms with Gasteiger partial charge in [0.1, 0.15) is 11.5 Å². The molecule has 0 aliphatic carbocycles. The summed E-state index contributed by atoms with van der Waals surface area (Å²) in [6, 6.07) is 16.9. The highest BCUT2D eigenvalue weighted by atomic mass is 35.5. The summed E-state index contributed by atoms with van der Waals surface area (Å²) < 4.78 is 17.9. The topological polar surface area (TPSA) is 127 Å². The summed E-state index contributed by atoms with van der Waals surface area (Å²) in [5.74, 6) is 0.392. The lowest BCUT2D eigenvalue weighted by Crippen LogP contribution is -2.43. The Morgan fingerprint density at radius 3 is 2.39 bits per heavy atom. The maximum atomic E-state index is 13.2. The van der Waals surface area contributed by atoms with E-state index in [2.05, 4.69) is 20.0 Å². The average molecular weight is 538 g/mol. The molecule has 196 valence electrons. The molecule has 0 amide bonds. The molecule has 12 heteroatoms. The molecule has 2 aromatic carbocycles. The van der Waals surface area contributed by atoms with Gasteiger partial charge in [-0.2, -0.15) is 4.98 Å². The van der Waals surface area contributed by atoms with E-state index in [1.165, 1.54) is 31.0 Å². The zero-order valence-electron chi connectivity index (χ0n) is 20.6. The summed E-state index contributed by atoms with van der Waals surface area (Å²) in [6.45, 7) is 0.412. The lowest BCUT2D eigenvalue weighted by molar-refractivity contribution is 0.0593. The number of anilines is 2. The van der Waals surface area contributed by atoms with E-state index in [-0.39, 0.29) is 31.3 Å². The van der Waals surface area contributed by atoms with Crippen LogP contribution in [0.4, 0.5) is 11.6 Å². The lowest BCUT2D eigenvalue weighted by Gasteiger charge is -2.16. The van der Waals surface area contributed by atoms with Crippen molar-refractivity contribution in [1.82, 2.24) is 19.1 Å². The Morgan fingerprint density at radius 2 is 1.71 bits per heavy atom. The molecule has 0 saturated carbocycles. The standard InChI is InChI=1S/C26H24ClN5O6/c1-36-14-13-31-25(34)30-24(32(26(31)35)16-17-3-5-18(27)6-4-17)29-19-7-9-20(10-8-19)38-21-11-12-28-22(15-21)23(33)37-2/h3-12,15H,13-14,16H2,1-2H3,(H,29,30,34). The smallest absolute Gasteiger partial charge is 0.356 e. The van der Waals surface area contributed by atoms with E-state index in [0.29, 0.717) is 22.2 Å². The number of ether oxygens (including phenoxy) is 3. The second-order valence-corrected chi connectivity index (χ2v) is 8.41. The first-order chi connectivity index (χ1) is 18.4. The van der Waals surface area contributed by atoms with Crippen LogP contribution in [0.2, 0.25) is 5.02 Å². The number of esters is 1. The van der Waals surface area contributed by atoms with Gasteiger partial charge in [-0.25, -0.2) is 23.9 Å². The van der Waals surface area contributed by atoms with Crippen LogP contribution in [0.5, 0.6) is 11.5 Å². The molecule has 2 aromatic heterocycles. The number of methoxy groups -OCH3 is 2. The fraction of sp³-hybridized carbons (Fsp3) is 0.192. The van der Waals surface area contributed by atoms with Gasteiger partial charge >= 0.3 is 17.3 Å². The Bertz CT molecular complexity index is 1530. The van der Waals surface area contributed by atoms with Crippen molar-refractivity contribution >= 4 is 29.2 Å². The maximum Gasteiger partial charge on any atom is 0.356 e. The highest BCUT2D eigenvalue weighted by Crippen LogP contribution is 2.24. The molecular formula is C26H24ClN5O6. The molecule has 4 aromatic rings. The van der Waals surface area contributed by atoms with E-state index in [1.54, 1.807) is 54.6 Å². The molecule has 2 heterocycles. The fourth-order valence-electron chi connectivity index (χ4n) is 3.48. The third kappa shape index (κ3) is 6.44. The molecule has 0 saturated heterocycles. The van der Waals surface area contributed by atoms with Crippen molar-refractivity contribution in [2.45, 2.75) is 13.1 Å². The number of aromatic nitrogens is 4. The molecule has 0 bridgehead atoms. The molecule has 1 N–H and O–H groups in total. The van der Waals surface area contributed by atoms with Crippen LogP contribution in [0.3, 0.4) is 0 Å². The monoisotopic (exact) mass is 537 g/mol. The van der Waals surface area contributed by atoms with E-state index in [1.807, 2.05) is 0 Å². The van der Waals surface area contributed by atoms with Crippen LogP contribution >= 0.6 is 11.6 Å². The van der Waals surface area contributed by atoms with Crippen molar-refractivity contribution < 1.29 is 19.0 Å². The number of nitrogens with zero attached hydrogens (tertiary/aromatic N) is 4. The van der Waals surface area contributed by atoms with Crippen molar-refractivity contribution in [2.75, 3.05) is 26.1 Å². The summed E-state index contributed by atoms with van der Waals surface area (Å²) in [7, 11) is 2.76. The summed E-state index contributed by atoms with van der Waals surface area (Å²) in [5.41, 5.74) is 0.256. The number of nitrogens with one attached hydrogen (secondary N) is 1. The first kappa shape index (κ1) is 26.6. The number of halogens is 1. The Balaban J connectivity index is 1.60. The second kappa shape index (κ2) is 12.2. The predicted molar refractivity (Wildman–Crippen MR) is 141 cm³/mol. The zero-order chi connectivity index (χ0) is 27.1. The number of rotatable bonds is 10. The number of carbonyl (C=O) groups excluding carboxylic acids is 1. The Hall–Kier alpha value is -4.48. The van der Waals surface area contributed by atoms with Gasteiger partial charge in [0.25, 0.3) is 0 Å². The van der Waals surface area contributed by atoms with E-state index in [9.17, 15) is 14.4 Å². The third-order valence-corrected chi connectivity index (χ3v) is 5.65. The van der Waals surface area contributed by atoms with Crippen molar-refractivity contribution in [2.24, 2.45) is 0 Å². The first-order valence-corrected chi connectivity index (χ1v) is 11.8. The molecule has 0 spiro atoms. The van der Waals surface area contributed by atoms with Crippen molar-refractivity contribution in [3.05, 3.63) is 104 Å². The maximum absolute atomic E-state index is 13.2. The summed E-state index contributed by atoms with van der Waals surface area (Å²) in [6.07, 6.45) is 1.44. The van der Waals surface area contributed by atoms with Crippen LogP contribution < -0.4 is 21.4 Å². The molecule has 0 radical (unpaired) electrons. The Morgan fingerprint density at radius 1 is 0.974 bits per heavy atom. The molecule has 38 heavy (non-hydrogen) atoms. The van der Waals surface area contributed by atoms with Crippen molar-refractivity contribution in [3.8, 4) is 11.5 Å². The first-order valence-electron chi connectivity index (χ1n) is 11.4. The van der Waals surface area contributed by atoms with Gasteiger partial charge in [0, 0.05) is 30.1 Å². The van der Waals surface area contributed by atoms with Crippen LogP contribution in [-0.4, -0.2) is 45.9 Å². The van der Waals surface area contributed by atoms with Crippen LogP contribution in [0.25, 0.3) is 0 Å². The lowest BCUT2D eigenvalue weighted by atomic mass is 10.2. The number of hydrogen-bond acceptors (Lipinski definition) is 9. The molecule has 0 atom stereocenters. The SMILES string of the molecule is COCCn1c(=O)nc(Nc2ccc(Oc3ccnc(C(=O)OC)c3)cc2)n(Cc2ccc(Cl)cc2)c1=O. The van der Waals surface area contributed by atoms with Gasteiger partial charge in [0.05, 0.1) is 26.8 Å². The zero-order valence-corrected chi connectivity index (χ0v) is 21.3. The molecule has 0 aliphatic heterocycles. The molecule has 11 nitrogen and oxygen atoms in total. The highest BCUT2D eigenvalue weighted by Gasteiger charge is 2.15. The minimum Gasteiger partial charge on any atom is -0.464 e. The van der Waals surface area contributed by atoms with Gasteiger partial charge in [-0.05, 0) is 48.0 Å². The van der Waals surface area contributed by atoms with E-state index in [0.717, 1.165) is 10.1 Å². The molecule has 0 fully saturated rings.